The van der Waals surface area contributed by atoms with Crippen LogP contribution in [0.15, 0.2) is 30.6 Å². The average molecular weight is 273 g/mol. The van der Waals surface area contributed by atoms with E-state index < -0.39 is 0 Å². The van der Waals surface area contributed by atoms with Crippen molar-refractivity contribution in [3.05, 3.63) is 30.6 Å². The monoisotopic (exact) mass is 273 g/mol. The van der Waals surface area contributed by atoms with E-state index in [4.69, 9.17) is 0 Å². The minimum atomic E-state index is -0.0847. The van der Waals surface area contributed by atoms with Gasteiger partial charge in [-0.1, -0.05) is 19.1 Å². The molecule has 1 aromatic heterocycles. The van der Waals surface area contributed by atoms with Gasteiger partial charge in [-0.25, -0.2) is 0 Å². The molecule has 1 atom stereocenters. The summed E-state index contributed by atoms with van der Waals surface area (Å²) in [6.07, 6.45) is 1.65. The number of amides is 1. The lowest BCUT2D eigenvalue weighted by Gasteiger charge is -2.12. The minimum absolute atomic E-state index is 0.00512. The maximum absolute atomic E-state index is 12.0. The van der Waals surface area contributed by atoms with Crippen molar-refractivity contribution in [1.29, 1.82) is 0 Å². The summed E-state index contributed by atoms with van der Waals surface area (Å²) >= 11 is 0. The van der Waals surface area contributed by atoms with Crippen molar-refractivity contribution in [3.8, 4) is 11.4 Å². The number of nitrogens with zero attached hydrogens (tertiary/aromatic N) is 3. The number of carbonyl (C=O) groups is 1. The predicted molar refractivity (Wildman–Crippen MR) is 78.2 cm³/mol. The SMILES string of the molecule is CNCC(C)C(=O)Nc1cccc(-c2nncn2C)c1. The molecule has 0 aliphatic heterocycles. The highest BCUT2D eigenvalue weighted by Gasteiger charge is 2.12. The van der Waals surface area contributed by atoms with Gasteiger partial charge < -0.3 is 15.2 Å². The van der Waals surface area contributed by atoms with E-state index in [0.717, 1.165) is 17.1 Å². The first-order valence-corrected chi connectivity index (χ1v) is 6.51. The Kier molecular flexibility index (Phi) is 4.47. The van der Waals surface area contributed by atoms with E-state index in [-0.39, 0.29) is 11.8 Å². The van der Waals surface area contributed by atoms with Crippen LogP contribution in [0.25, 0.3) is 11.4 Å². The van der Waals surface area contributed by atoms with Crippen LogP contribution < -0.4 is 10.6 Å². The maximum atomic E-state index is 12.0. The lowest BCUT2D eigenvalue weighted by Crippen LogP contribution is -2.28. The Labute approximate surface area is 118 Å². The molecule has 1 amide bonds. The first kappa shape index (κ1) is 14.2. The number of benzene rings is 1. The molecule has 0 spiro atoms. The Morgan fingerprint density at radius 1 is 1.45 bits per heavy atom. The molecule has 2 aromatic rings. The van der Waals surface area contributed by atoms with Gasteiger partial charge >= 0.3 is 0 Å². The van der Waals surface area contributed by atoms with E-state index >= 15 is 0 Å². The molecule has 0 aliphatic rings. The first-order chi connectivity index (χ1) is 9.61. The number of hydrogen-bond donors (Lipinski definition) is 2. The first-order valence-electron chi connectivity index (χ1n) is 6.51. The van der Waals surface area contributed by atoms with Crippen LogP contribution in [0.4, 0.5) is 5.69 Å². The molecule has 0 saturated heterocycles. The van der Waals surface area contributed by atoms with Crippen molar-refractivity contribution >= 4 is 11.6 Å². The maximum Gasteiger partial charge on any atom is 0.228 e. The largest absolute Gasteiger partial charge is 0.326 e. The molecule has 0 radical (unpaired) electrons. The Hall–Kier alpha value is -2.21. The number of aromatic nitrogens is 3. The number of aryl methyl sites for hydroxylation is 1. The van der Waals surface area contributed by atoms with Gasteiger partial charge in [-0.15, -0.1) is 10.2 Å². The molecule has 0 fully saturated rings. The lowest BCUT2D eigenvalue weighted by molar-refractivity contribution is -0.119. The van der Waals surface area contributed by atoms with Gasteiger partial charge in [-0.3, -0.25) is 4.79 Å². The van der Waals surface area contributed by atoms with E-state index in [1.54, 1.807) is 6.33 Å². The fourth-order valence-corrected chi connectivity index (χ4v) is 1.94. The van der Waals surface area contributed by atoms with Gasteiger partial charge in [0.1, 0.15) is 6.33 Å². The fourth-order valence-electron chi connectivity index (χ4n) is 1.94. The Balaban J connectivity index is 2.15. The van der Waals surface area contributed by atoms with Crippen LogP contribution in [-0.2, 0) is 11.8 Å². The molecule has 106 valence electrons. The van der Waals surface area contributed by atoms with Gasteiger partial charge in [0.05, 0.1) is 0 Å². The van der Waals surface area contributed by atoms with E-state index in [0.29, 0.717) is 6.54 Å². The summed E-state index contributed by atoms with van der Waals surface area (Å²) in [6, 6.07) is 7.59. The van der Waals surface area contributed by atoms with Crippen LogP contribution in [0.2, 0.25) is 0 Å². The third kappa shape index (κ3) is 3.21. The summed E-state index contributed by atoms with van der Waals surface area (Å²) in [5.74, 6) is 0.678. The van der Waals surface area contributed by atoms with Crippen molar-refractivity contribution in [2.75, 3.05) is 18.9 Å². The average Bonchev–Trinajstić information content (AvgIpc) is 2.85. The van der Waals surface area contributed by atoms with Crippen molar-refractivity contribution in [1.82, 2.24) is 20.1 Å². The Bertz CT molecular complexity index is 593. The molecule has 2 rings (SSSR count). The van der Waals surface area contributed by atoms with Crippen LogP contribution >= 0.6 is 0 Å². The number of rotatable bonds is 5. The predicted octanol–water partition coefficient (Wildman–Crippen LogP) is 1.28. The summed E-state index contributed by atoms with van der Waals surface area (Å²) in [5.41, 5.74) is 1.68. The Morgan fingerprint density at radius 3 is 2.90 bits per heavy atom. The third-order valence-electron chi connectivity index (χ3n) is 3.06. The van der Waals surface area contributed by atoms with Gasteiger partial charge in [-0.05, 0) is 19.2 Å². The Morgan fingerprint density at radius 2 is 2.25 bits per heavy atom. The normalized spacial score (nSPS) is 12.2. The van der Waals surface area contributed by atoms with Crippen LogP contribution in [0.1, 0.15) is 6.92 Å². The van der Waals surface area contributed by atoms with Crippen molar-refractivity contribution < 1.29 is 4.79 Å². The lowest BCUT2D eigenvalue weighted by atomic mass is 10.1. The van der Waals surface area contributed by atoms with Crippen molar-refractivity contribution in [2.24, 2.45) is 13.0 Å². The summed E-state index contributed by atoms with van der Waals surface area (Å²) < 4.78 is 1.84. The smallest absolute Gasteiger partial charge is 0.228 e. The van der Waals surface area contributed by atoms with Gasteiger partial charge in [0.2, 0.25) is 5.91 Å². The second-order valence-corrected chi connectivity index (χ2v) is 4.79. The third-order valence-corrected chi connectivity index (χ3v) is 3.06. The molecule has 1 unspecified atom stereocenters. The van der Waals surface area contributed by atoms with Gasteiger partial charge in [0.25, 0.3) is 0 Å². The van der Waals surface area contributed by atoms with E-state index in [2.05, 4.69) is 20.8 Å². The zero-order valence-corrected chi connectivity index (χ0v) is 11.9. The highest BCUT2D eigenvalue weighted by Crippen LogP contribution is 2.20. The van der Waals surface area contributed by atoms with Crippen LogP contribution in [0.5, 0.6) is 0 Å². The van der Waals surface area contributed by atoms with Gasteiger partial charge in [0.15, 0.2) is 5.82 Å². The second-order valence-electron chi connectivity index (χ2n) is 4.79. The number of anilines is 1. The van der Waals surface area contributed by atoms with Gasteiger partial charge in [0, 0.05) is 30.8 Å². The van der Waals surface area contributed by atoms with Crippen LogP contribution in [0, 0.1) is 5.92 Å². The fraction of sp³-hybridized carbons (Fsp3) is 0.357. The molecule has 0 saturated carbocycles. The summed E-state index contributed by atoms with van der Waals surface area (Å²) in [5, 5.41) is 13.8. The van der Waals surface area contributed by atoms with E-state index in [1.807, 2.05) is 49.9 Å². The topological polar surface area (TPSA) is 71.8 Å². The molecular weight excluding hydrogens is 254 g/mol. The van der Waals surface area contributed by atoms with Gasteiger partial charge in [-0.2, -0.15) is 0 Å². The summed E-state index contributed by atoms with van der Waals surface area (Å²) in [7, 11) is 3.72. The molecule has 6 heteroatoms. The van der Waals surface area contributed by atoms with Crippen LogP contribution in [-0.4, -0.2) is 34.3 Å². The van der Waals surface area contributed by atoms with E-state index in [9.17, 15) is 4.79 Å². The van der Waals surface area contributed by atoms with E-state index in [1.165, 1.54) is 0 Å². The molecule has 0 aliphatic carbocycles. The molecule has 1 heterocycles. The van der Waals surface area contributed by atoms with Crippen LogP contribution in [0.3, 0.4) is 0 Å². The van der Waals surface area contributed by atoms with Crippen molar-refractivity contribution in [2.45, 2.75) is 6.92 Å². The second kappa shape index (κ2) is 6.29. The molecule has 0 bridgehead atoms. The summed E-state index contributed by atoms with van der Waals surface area (Å²) in [6.45, 7) is 2.53. The highest BCUT2D eigenvalue weighted by molar-refractivity contribution is 5.93. The molecular formula is C14H19N5O. The molecule has 6 nitrogen and oxygen atoms in total. The molecule has 1 aromatic carbocycles. The molecule has 20 heavy (non-hydrogen) atoms. The number of hydrogen-bond acceptors (Lipinski definition) is 4. The standard InChI is InChI=1S/C14H19N5O/c1-10(8-15-2)14(20)17-12-6-4-5-11(7-12)13-18-16-9-19(13)3/h4-7,9-10,15H,8H2,1-3H3,(H,17,20). The quantitative estimate of drug-likeness (QED) is 0.860. The number of nitrogens with one attached hydrogen (secondary N) is 2. The molecule has 2 N–H and O–H groups in total. The number of carbonyl (C=O) groups excluding carboxylic acids is 1. The minimum Gasteiger partial charge on any atom is -0.326 e. The van der Waals surface area contributed by atoms with Crippen molar-refractivity contribution in [3.63, 3.8) is 0 Å². The zero-order chi connectivity index (χ0) is 14.5. The zero-order valence-electron chi connectivity index (χ0n) is 11.9. The summed E-state index contributed by atoms with van der Waals surface area (Å²) in [4.78, 5) is 12.0. The highest BCUT2D eigenvalue weighted by atomic mass is 16.1.